The summed E-state index contributed by atoms with van der Waals surface area (Å²) in [5.41, 5.74) is 6.32. The number of aromatic nitrogens is 1. The molecule has 6 aromatic rings. The van der Waals surface area contributed by atoms with Gasteiger partial charge in [0.25, 0.3) is 0 Å². The fourth-order valence-corrected chi connectivity index (χ4v) is 4.81. The molecule has 0 N–H and O–H groups in total. The van der Waals surface area contributed by atoms with Crippen molar-refractivity contribution in [1.29, 1.82) is 0 Å². The van der Waals surface area contributed by atoms with E-state index in [2.05, 4.69) is 105 Å². The molecule has 0 saturated carbocycles. The standard InChI is InChI=1S/C24H14BrN/c25-21-10-3-1-6-16(21)15-12-13-18-20-9-5-8-19-17-7-2-4-11-22(17)26(24(19)20)23(18)14-15/h1-14H. The third-order valence-electron chi connectivity index (χ3n) is 5.41. The van der Waals surface area contributed by atoms with Crippen molar-refractivity contribution in [3.05, 3.63) is 89.4 Å². The first-order chi connectivity index (χ1) is 12.8. The van der Waals surface area contributed by atoms with Crippen molar-refractivity contribution in [2.24, 2.45) is 0 Å². The fourth-order valence-electron chi connectivity index (χ4n) is 4.29. The lowest BCUT2D eigenvalue weighted by molar-refractivity contribution is 1.37. The van der Waals surface area contributed by atoms with Crippen molar-refractivity contribution in [2.45, 2.75) is 0 Å². The highest BCUT2D eigenvalue weighted by Crippen LogP contribution is 2.40. The quantitative estimate of drug-likeness (QED) is 0.275. The molecule has 1 nitrogen and oxygen atoms in total. The lowest BCUT2D eigenvalue weighted by atomic mass is 10.0. The summed E-state index contributed by atoms with van der Waals surface area (Å²) in [4.78, 5) is 0. The van der Waals surface area contributed by atoms with Crippen LogP contribution >= 0.6 is 15.9 Å². The van der Waals surface area contributed by atoms with Gasteiger partial charge >= 0.3 is 0 Å². The number of hydrogen-bond donors (Lipinski definition) is 0. The van der Waals surface area contributed by atoms with Crippen LogP contribution in [0.3, 0.4) is 0 Å². The van der Waals surface area contributed by atoms with Crippen LogP contribution in [0.1, 0.15) is 0 Å². The normalized spacial score (nSPS) is 12.0. The number of benzene rings is 4. The van der Waals surface area contributed by atoms with Gasteiger partial charge in [-0.25, -0.2) is 0 Å². The summed E-state index contributed by atoms with van der Waals surface area (Å²) in [7, 11) is 0. The van der Waals surface area contributed by atoms with E-state index in [1.165, 1.54) is 49.2 Å². The van der Waals surface area contributed by atoms with E-state index in [1.807, 2.05) is 0 Å². The SMILES string of the molecule is Brc1ccccc1-c1ccc2c3cccc4c5ccccc5n(c2c1)c43. The van der Waals surface area contributed by atoms with Crippen LogP contribution in [0.25, 0.3) is 49.2 Å². The largest absolute Gasteiger partial charge is 0.308 e. The molecule has 0 radical (unpaired) electrons. The molecule has 0 aliphatic heterocycles. The fraction of sp³-hybridized carbons (Fsp3) is 0. The van der Waals surface area contributed by atoms with E-state index in [9.17, 15) is 0 Å². The average molecular weight is 396 g/mol. The zero-order valence-corrected chi connectivity index (χ0v) is 15.5. The Kier molecular flexibility index (Phi) is 2.81. The van der Waals surface area contributed by atoms with Crippen LogP contribution < -0.4 is 0 Å². The van der Waals surface area contributed by atoms with E-state index in [-0.39, 0.29) is 0 Å². The van der Waals surface area contributed by atoms with Crippen LogP contribution in [0.15, 0.2) is 89.4 Å². The highest BCUT2D eigenvalue weighted by molar-refractivity contribution is 9.10. The maximum Gasteiger partial charge on any atom is 0.0620 e. The van der Waals surface area contributed by atoms with Crippen LogP contribution in [0.2, 0.25) is 0 Å². The second-order valence-electron chi connectivity index (χ2n) is 6.77. The molecule has 2 heterocycles. The van der Waals surface area contributed by atoms with E-state index in [0.717, 1.165) is 4.47 Å². The minimum Gasteiger partial charge on any atom is -0.308 e. The summed E-state index contributed by atoms with van der Waals surface area (Å²) in [6.07, 6.45) is 0. The Morgan fingerprint density at radius 3 is 2.12 bits per heavy atom. The van der Waals surface area contributed by atoms with Crippen molar-refractivity contribution < 1.29 is 0 Å². The lowest BCUT2D eigenvalue weighted by Gasteiger charge is -2.06. The molecule has 0 saturated heterocycles. The monoisotopic (exact) mass is 395 g/mol. The van der Waals surface area contributed by atoms with Gasteiger partial charge in [-0.15, -0.1) is 0 Å². The van der Waals surface area contributed by atoms with Gasteiger partial charge in [0.05, 0.1) is 16.6 Å². The van der Waals surface area contributed by atoms with Gasteiger partial charge < -0.3 is 4.40 Å². The molecule has 0 atom stereocenters. The van der Waals surface area contributed by atoms with Gasteiger partial charge in [0, 0.05) is 26.0 Å². The first kappa shape index (κ1) is 14.3. The molecule has 2 aromatic heterocycles. The summed E-state index contributed by atoms with van der Waals surface area (Å²) in [5.74, 6) is 0. The zero-order chi connectivity index (χ0) is 17.3. The number of para-hydroxylation sites is 2. The van der Waals surface area contributed by atoms with E-state index in [1.54, 1.807) is 0 Å². The number of nitrogens with zero attached hydrogens (tertiary/aromatic N) is 1. The molecule has 6 rings (SSSR count). The van der Waals surface area contributed by atoms with Crippen molar-refractivity contribution in [3.8, 4) is 11.1 Å². The number of halogens is 1. The van der Waals surface area contributed by atoms with Gasteiger partial charge in [-0.1, -0.05) is 82.7 Å². The van der Waals surface area contributed by atoms with E-state index in [0.29, 0.717) is 0 Å². The van der Waals surface area contributed by atoms with E-state index in [4.69, 9.17) is 0 Å². The van der Waals surface area contributed by atoms with Crippen molar-refractivity contribution in [1.82, 2.24) is 4.40 Å². The molecule has 0 aliphatic carbocycles. The molecule has 0 spiro atoms. The predicted octanol–water partition coefficient (Wildman–Crippen LogP) is 7.27. The van der Waals surface area contributed by atoms with Crippen LogP contribution in [0.5, 0.6) is 0 Å². The minimum absolute atomic E-state index is 1.12. The third-order valence-corrected chi connectivity index (χ3v) is 6.10. The molecule has 4 aromatic carbocycles. The van der Waals surface area contributed by atoms with Crippen molar-refractivity contribution in [2.75, 3.05) is 0 Å². The predicted molar refractivity (Wildman–Crippen MR) is 114 cm³/mol. The maximum absolute atomic E-state index is 3.70. The first-order valence-corrected chi connectivity index (χ1v) is 9.54. The second kappa shape index (κ2) is 5.09. The van der Waals surface area contributed by atoms with Gasteiger partial charge in [-0.2, -0.15) is 0 Å². The topological polar surface area (TPSA) is 4.41 Å². The highest BCUT2D eigenvalue weighted by atomic mass is 79.9. The molecule has 0 amide bonds. The maximum atomic E-state index is 3.70. The molecule has 0 bridgehead atoms. The van der Waals surface area contributed by atoms with Gasteiger partial charge in [0.2, 0.25) is 0 Å². The van der Waals surface area contributed by atoms with Crippen LogP contribution in [0, 0.1) is 0 Å². The Balaban J connectivity index is 1.83. The highest BCUT2D eigenvalue weighted by Gasteiger charge is 2.17. The zero-order valence-electron chi connectivity index (χ0n) is 13.9. The molecule has 122 valence electrons. The van der Waals surface area contributed by atoms with Gasteiger partial charge in [0.15, 0.2) is 0 Å². The smallest absolute Gasteiger partial charge is 0.0620 e. The Morgan fingerprint density at radius 2 is 1.27 bits per heavy atom. The molecule has 2 heteroatoms. The van der Waals surface area contributed by atoms with Crippen molar-refractivity contribution in [3.63, 3.8) is 0 Å². The van der Waals surface area contributed by atoms with Gasteiger partial charge in [0.1, 0.15) is 0 Å². The summed E-state index contributed by atoms with van der Waals surface area (Å²) in [6, 6.07) is 30.6. The Labute approximate surface area is 158 Å². The summed E-state index contributed by atoms with van der Waals surface area (Å²) in [6.45, 7) is 0. The second-order valence-corrected chi connectivity index (χ2v) is 7.62. The average Bonchev–Trinajstić information content (AvgIpc) is 3.20. The Morgan fingerprint density at radius 1 is 0.577 bits per heavy atom. The lowest BCUT2D eigenvalue weighted by Crippen LogP contribution is -1.83. The summed E-state index contributed by atoms with van der Waals surface area (Å²) in [5, 5.41) is 5.29. The van der Waals surface area contributed by atoms with Crippen molar-refractivity contribution >= 4 is 54.0 Å². The molecule has 0 unspecified atom stereocenters. The third kappa shape index (κ3) is 1.75. The number of fused-ring (bicyclic) bond motifs is 6. The number of rotatable bonds is 1. The molecule has 26 heavy (non-hydrogen) atoms. The van der Waals surface area contributed by atoms with Crippen LogP contribution in [0.4, 0.5) is 0 Å². The first-order valence-electron chi connectivity index (χ1n) is 8.75. The van der Waals surface area contributed by atoms with E-state index >= 15 is 0 Å². The summed E-state index contributed by atoms with van der Waals surface area (Å²) < 4.78 is 3.55. The van der Waals surface area contributed by atoms with Crippen LogP contribution in [-0.4, -0.2) is 4.40 Å². The van der Waals surface area contributed by atoms with Crippen LogP contribution in [-0.2, 0) is 0 Å². The Bertz CT molecular complexity index is 1440. The summed E-state index contributed by atoms with van der Waals surface area (Å²) >= 11 is 3.70. The minimum atomic E-state index is 1.12. The number of hydrogen-bond acceptors (Lipinski definition) is 0. The molecular formula is C24H14BrN. The van der Waals surface area contributed by atoms with Gasteiger partial charge in [-0.3, -0.25) is 0 Å². The van der Waals surface area contributed by atoms with Gasteiger partial charge in [-0.05, 0) is 29.3 Å². The molecule has 0 fully saturated rings. The molecule has 0 aliphatic rings. The van der Waals surface area contributed by atoms with E-state index < -0.39 is 0 Å². The molecular weight excluding hydrogens is 382 g/mol. The Hall–Kier alpha value is -2.84.